The first-order valence-corrected chi connectivity index (χ1v) is 14.0. The van der Waals surface area contributed by atoms with Crippen LogP contribution in [0.15, 0.2) is 64.3 Å². The number of allylic oxidation sites excluding steroid dienone is 3. The van der Waals surface area contributed by atoms with E-state index >= 15 is 0 Å². The lowest BCUT2D eigenvalue weighted by Crippen LogP contribution is -2.37. The lowest BCUT2D eigenvalue weighted by Gasteiger charge is -2.33. The van der Waals surface area contributed by atoms with E-state index in [9.17, 15) is 32.4 Å². The molecule has 0 spiro atoms. The summed E-state index contributed by atoms with van der Waals surface area (Å²) < 4.78 is 60.7. The highest BCUT2D eigenvalue weighted by Crippen LogP contribution is 2.44. The standard InChI is InChI=1S/C29H26F4N4O3S/c30-20-5-2-1-4-18(20)26-19(15-34)28(36-21-6-3-7-24(38)27(21)26)41-16-25(39)35-22-14-17(29(31,32)33)8-9-23(22)37-10-12-40-13-11-37/h1-2,4-5,8-9,14,26,36H,3,6-7,10-13,16H2,(H,35,39)/t26-/m0/s1. The summed E-state index contributed by atoms with van der Waals surface area (Å²) in [6.45, 7) is 1.73. The van der Waals surface area contributed by atoms with Crippen molar-refractivity contribution in [2.45, 2.75) is 31.4 Å². The molecule has 1 aliphatic carbocycles. The summed E-state index contributed by atoms with van der Waals surface area (Å²) in [7, 11) is 0. The molecule has 0 aromatic heterocycles. The maximum absolute atomic E-state index is 14.9. The number of Topliss-reactive ketones (excluding diaryl/α,β-unsaturated/α-hetero) is 1. The van der Waals surface area contributed by atoms with Gasteiger partial charge >= 0.3 is 6.18 Å². The number of ether oxygens (including phenoxy) is 1. The van der Waals surface area contributed by atoms with Gasteiger partial charge in [-0.2, -0.15) is 18.4 Å². The summed E-state index contributed by atoms with van der Waals surface area (Å²) in [5.74, 6) is -2.47. The molecule has 0 saturated carbocycles. The molecule has 1 atom stereocenters. The zero-order valence-electron chi connectivity index (χ0n) is 21.8. The molecule has 1 saturated heterocycles. The molecule has 2 aromatic rings. The molecule has 3 aliphatic rings. The SMILES string of the molecule is N#CC1=C(SCC(=O)Nc2cc(C(F)(F)F)ccc2N2CCOCC2)NC2=C(C(=O)CCC2)[C@H]1c1ccccc1F. The highest BCUT2D eigenvalue weighted by Gasteiger charge is 2.38. The number of hydrogen-bond acceptors (Lipinski definition) is 7. The fraction of sp³-hybridized carbons (Fsp3) is 0.345. The third-order valence-electron chi connectivity index (χ3n) is 7.18. The normalized spacial score (nSPS) is 19.4. The van der Waals surface area contributed by atoms with Gasteiger partial charge in [-0.1, -0.05) is 30.0 Å². The summed E-state index contributed by atoms with van der Waals surface area (Å²) in [6.07, 6.45) is -3.19. The van der Waals surface area contributed by atoms with Gasteiger partial charge in [-0.05, 0) is 37.1 Å². The topological polar surface area (TPSA) is 94.5 Å². The Labute approximate surface area is 238 Å². The number of nitrogens with zero attached hydrogens (tertiary/aromatic N) is 2. The number of nitrogens with one attached hydrogen (secondary N) is 2. The monoisotopic (exact) mass is 586 g/mol. The van der Waals surface area contributed by atoms with Crippen LogP contribution < -0.4 is 15.5 Å². The first-order chi connectivity index (χ1) is 19.7. The van der Waals surface area contributed by atoms with E-state index in [-0.39, 0.29) is 34.8 Å². The number of ketones is 1. The van der Waals surface area contributed by atoms with Gasteiger partial charge in [0, 0.05) is 36.3 Å². The fourth-order valence-corrected chi connectivity index (χ4v) is 6.14. The number of carbonyl (C=O) groups excluding carboxylic acids is 2. The van der Waals surface area contributed by atoms with Crippen LogP contribution in [-0.4, -0.2) is 43.7 Å². The van der Waals surface area contributed by atoms with Crippen LogP contribution in [0, 0.1) is 17.1 Å². The molecule has 41 heavy (non-hydrogen) atoms. The number of carbonyl (C=O) groups is 2. The van der Waals surface area contributed by atoms with Gasteiger partial charge in [0.2, 0.25) is 5.91 Å². The van der Waals surface area contributed by atoms with Crippen LogP contribution in [0.1, 0.15) is 36.3 Å². The molecule has 0 radical (unpaired) electrons. The maximum Gasteiger partial charge on any atom is 0.416 e. The van der Waals surface area contributed by atoms with E-state index in [1.54, 1.807) is 6.07 Å². The quantitative estimate of drug-likeness (QED) is 0.433. The molecule has 214 valence electrons. The minimum atomic E-state index is -4.60. The lowest BCUT2D eigenvalue weighted by atomic mass is 9.76. The Balaban J connectivity index is 1.41. The van der Waals surface area contributed by atoms with Crippen molar-refractivity contribution in [2.24, 2.45) is 0 Å². The number of benzene rings is 2. The van der Waals surface area contributed by atoms with Gasteiger partial charge in [0.15, 0.2) is 5.78 Å². The van der Waals surface area contributed by atoms with Crippen LogP contribution in [0.3, 0.4) is 0 Å². The highest BCUT2D eigenvalue weighted by molar-refractivity contribution is 8.03. The Morgan fingerprint density at radius 3 is 2.63 bits per heavy atom. The van der Waals surface area contributed by atoms with Crippen LogP contribution in [0.2, 0.25) is 0 Å². The number of halogens is 4. The van der Waals surface area contributed by atoms with E-state index in [4.69, 9.17) is 4.74 Å². The molecule has 7 nitrogen and oxygen atoms in total. The second kappa shape index (κ2) is 12.0. The number of thioether (sulfide) groups is 1. The Hall–Kier alpha value is -3.82. The Bertz CT molecular complexity index is 1480. The molecule has 5 rings (SSSR count). The van der Waals surface area contributed by atoms with Crippen LogP contribution in [0.4, 0.5) is 28.9 Å². The second-order valence-corrected chi connectivity index (χ2v) is 10.8. The van der Waals surface area contributed by atoms with Crippen LogP contribution in [0.25, 0.3) is 0 Å². The smallest absolute Gasteiger partial charge is 0.378 e. The number of rotatable bonds is 6. The van der Waals surface area contributed by atoms with Crippen molar-refractivity contribution in [3.05, 3.63) is 81.3 Å². The molecule has 12 heteroatoms. The van der Waals surface area contributed by atoms with Gasteiger partial charge in [-0.15, -0.1) is 0 Å². The average Bonchev–Trinajstić information content (AvgIpc) is 2.96. The zero-order chi connectivity index (χ0) is 29.1. The Morgan fingerprint density at radius 1 is 1.17 bits per heavy atom. The van der Waals surface area contributed by atoms with E-state index in [0.717, 1.165) is 23.9 Å². The molecular weight excluding hydrogens is 560 g/mol. The molecule has 2 aromatic carbocycles. The number of alkyl halides is 3. The Kier molecular flexibility index (Phi) is 8.37. The van der Waals surface area contributed by atoms with Crippen molar-refractivity contribution in [2.75, 3.05) is 42.3 Å². The van der Waals surface area contributed by atoms with Gasteiger partial charge < -0.3 is 20.3 Å². The van der Waals surface area contributed by atoms with E-state index in [1.807, 2.05) is 4.90 Å². The number of morpholine rings is 1. The Morgan fingerprint density at radius 2 is 1.93 bits per heavy atom. The average molecular weight is 587 g/mol. The summed E-state index contributed by atoms with van der Waals surface area (Å²) in [5.41, 5.74) is 0.808. The first kappa shape index (κ1) is 28.7. The molecule has 1 amide bonds. The largest absolute Gasteiger partial charge is 0.416 e. The van der Waals surface area contributed by atoms with E-state index in [0.29, 0.717) is 61.1 Å². The van der Waals surface area contributed by atoms with Gasteiger partial charge in [0.1, 0.15) is 5.82 Å². The third kappa shape index (κ3) is 6.11. The minimum Gasteiger partial charge on any atom is -0.378 e. The van der Waals surface area contributed by atoms with Crippen molar-refractivity contribution in [3.8, 4) is 6.07 Å². The van der Waals surface area contributed by atoms with Gasteiger partial charge in [-0.3, -0.25) is 9.59 Å². The fourth-order valence-electron chi connectivity index (χ4n) is 5.27. The first-order valence-electron chi connectivity index (χ1n) is 13.1. The van der Waals surface area contributed by atoms with Crippen molar-refractivity contribution < 1.29 is 31.9 Å². The number of nitriles is 1. The summed E-state index contributed by atoms with van der Waals surface area (Å²) in [5, 5.41) is 16.1. The lowest BCUT2D eigenvalue weighted by molar-refractivity contribution is -0.137. The van der Waals surface area contributed by atoms with E-state index in [2.05, 4.69) is 16.7 Å². The highest BCUT2D eigenvalue weighted by atomic mass is 32.2. The molecule has 0 bridgehead atoms. The predicted octanol–water partition coefficient (Wildman–Crippen LogP) is 5.48. The summed E-state index contributed by atoms with van der Waals surface area (Å²) in [6, 6.07) is 11.3. The molecule has 0 unspecified atom stereocenters. The van der Waals surface area contributed by atoms with Gasteiger partial charge in [0.25, 0.3) is 0 Å². The number of hydrogen-bond donors (Lipinski definition) is 2. The molecule has 2 N–H and O–H groups in total. The van der Waals surface area contributed by atoms with Crippen molar-refractivity contribution in [1.82, 2.24) is 5.32 Å². The van der Waals surface area contributed by atoms with Crippen molar-refractivity contribution >= 4 is 34.8 Å². The molecule has 1 fully saturated rings. The van der Waals surface area contributed by atoms with Gasteiger partial charge in [0.05, 0.1) is 58.5 Å². The van der Waals surface area contributed by atoms with Crippen molar-refractivity contribution in [1.29, 1.82) is 5.26 Å². The molecule has 2 aliphatic heterocycles. The number of amides is 1. The predicted molar refractivity (Wildman–Crippen MR) is 146 cm³/mol. The molecular formula is C29H26F4N4O3S. The summed E-state index contributed by atoms with van der Waals surface area (Å²) >= 11 is 0.980. The second-order valence-electron chi connectivity index (χ2n) is 9.77. The van der Waals surface area contributed by atoms with Crippen LogP contribution >= 0.6 is 11.8 Å². The summed E-state index contributed by atoms with van der Waals surface area (Å²) in [4.78, 5) is 27.8. The van der Waals surface area contributed by atoms with E-state index < -0.39 is 29.4 Å². The van der Waals surface area contributed by atoms with Crippen LogP contribution in [0.5, 0.6) is 0 Å². The zero-order valence-corrected chi connectivity index (χ0v) is 22.6. The van der Waals surface area contributed by atoms with E-state index in [1.165, 1.54) is 24.3 Å². The van der Waals surface area contributed by atoms with Crippen LogP contribution in [-0.2, 0) is 20.5 Å². The number of dihydropyridines is 1. The minimum absolute atomic E-state index is 0.0190. The number of anilines is 2. The molecule has 2 heterocycles. The maximum atomic E-state index is 14.9. The van der Waals surface area contributed by atoms with Crippen molar-refractivity contribution in [3.63, 3.8) is 0 Å². The third-order valence-corrected chi connectivity index (χ3v) is 8.19. The van der Waals surface area contributed by atoms with Gasteiger partial charge in [-0.25, -0.2) is 4.39 Å².